The topological polar surface area (TPSA) is 57.5 Å². The highest BCUT2D eigenvalue weighted by atomic mass is 79.9. The quantitative estimate of drug-likeness (QED) is 0.419. The van der Waals surface area contributed by atoms with Crippen LogP contribution in [0.5, 0.6) is 0 Å². The number of carbonyl (C=O) groups is 1. The van der Waals surface area contributed by atoms with E-state index in [1.54, 1.807) is 0 Å². The predicted molar refractivity (Wildman–Crippen MR) is 114 cm³/mol. The molecule has 0 spiro atoms. The Morgan fingerprint density at radius 2 is 1.70 bits per heavy atom. The summed E-state index contributed by atoms with van der Waals surface area (Å²) < 4.78 is -0.0427. The second-order valence-electron chi connectivity index (χ2n) is 10.5. The van der Waals surface area contributed by atoms with Gasteiger partial charge in [-0.2, -0.15) is 0 Å². The Morgan fingerprint density at radius 1 is 1.07 bits per heavy atom. The predicted octanol–water partition coefficient (Wildman–Crippen LogP) is 4.99. The number of aldehydes is 1. The molecule has 2 unspecified atom stereocenters. The Bertz CT molecular complexity index is 614. The second kappa shape index (κ2) is 6.78. The van der Waals surface area contributed by atoms with E-state index < -0.39 is 5.60 Å². The molecule has 4 saturated carbocycles. The fourth-order valence-corrected chi connectivity index (χ4v) is 10.2. The summed E-state index contributed by atoms with van der Waals surface area (Å²) in [5, 5.41) is 21.9. The minimum absolute atomic E-state index is 0.0427. The molecule has 0 aliphatic heterocycles. The van der Waals surface area contributed by atoms with Gasteiger partial charge in [0.25, 0.3) is 0 Å². The van der Waals surface area contributed by atoms with Crippen LogP contribution in [-0.4, -0.2) is 37.4 Å². The van der Waals surface area contributed by atoms with Gasteiger partial charge in [-0.1, -0.05) is 45.7 Å². The van der Waals surface area contributed by atoms with Crippen molar-refractivity contribution in [1.29, 1.82) is 0 Å². The summed E-state index contributed by atoms with van der Waals surface area (Å²) in [5.41, 5.74) is -0.577. The number of fused-ring (bicyclic) bond motifs is 5. The minimum Gasteiger partial charge on any atom is -0.393 e. The molecule has 0 aromatic rings. The van der Waals surface area contributed by atoms with Crippen molar-refractivity contribution in [3.05, 3.63) is 0 Å². The Hall–Kier alpha value is 0.550. The van der Waals surface area contributed by atoms with E-state index in [0.717, 1.165) is 57.7 Å². The molecular weight excluding hydrogens is 472 g/mol. The van der Waals surface area contributed by atoms with Gasteiger partial charge >= 0.3 is 0 Å². The van der Waals surface area contributed by atoms with Crippen molar-refractivity contribution in [3.8, 4) is 0 Å². The molecule has 4 fully saturated rings. The highest BCUT2D eigenvalue weighted by molar-refractivity contribution is 9.12. The van der Waals surface area contributed by atoms with Gasteiger partial charge in [-0.05, 0) is 86.4 Å². The van der Waals surface area contributed by atoms with Gasteiger partial charge in [-0.3, -0.25) is 0 Å². The highest BCUT2D eigenvalue weighted by Gasteiger charge is 2.68. The number of carbonyl (C=O) groups excluding carboxylic acids is 1. The van der Waals surface area contributed by atoms with Gasteiger partial charge in [0, 0.05) is 15.6 Å². The zero-order chi connectivity index (χ0) is 19.7. The fourth-order valence-electron chi connectivity index (χ4n) is 7.98. The first-order chi connectivity index (χ1) is 12.6. The number of aliphatic hydroxyl groups excluding tert-OH is 1. The molecule has 0 aromatic heterocycles. The molecule has 4 aliphatic rings. The number of halogens is 2. The summed E-state index contributed by atoms with van der Waals surface area (Å²) in [6.45, 7) is 4.76. The van der Waals surface area contributed by atoms with E-state index in [2.05, 4.69) is 45.7 Å². The van der Waals surface area contributed by atoms with Crippen LogP contribution in [0.1, 0.15) is 78.1 Å². The Balaban J connectivity index is 1.66. The smallest absolute Gasteiger partial charge is 0.120 e. The van der Waals surface area contributed by atoms with E-state index >= 15 is 0 Å². The average molecular weight is 506 g/mol. The van der Waals surface area contributed by atoms with Crippen molar-refractivity contribution in [1.82, 2.24) is 0 Å². The van der Waals surface area contributed by atoms with Crippen LogP contribution in [0.2, 0.25) is 0 Å². The van der Waals surface area contributed by atoms with Gasteiger partial charge in [-0.15, -0.1) is 0 Å². The highest BCUT2D eigenvalue weighted by Crippen LogP contribution is 2.71. The van der Waals surface area contributed by atoms with Crippen molar-refractivity contribution in [2.45, 2.75) is 98.9 Å². The minimum atomic E-state index is -0.683. The van der Waals surface area contributed by atoms with Crippen LogP contribution >= 0.6 is 31.9 Å². The van der Waals surface area contributed by atoms with E-state index in [1.165, 1.54) is 0 Å². The van der Waals surface area contributed by atoms with Crippen LogP contribution in [0, 0.1) is 28.6 Å². The fraction of sp³-hybridized carbons (Fsp3) is 0.955. The van der Waals surface area contributed by atoms with Gasteiger partial charge in [0.1, 0.15) is 6.29 Å². The molecule has 0 heterocycles. The standard InChI is InChI=1S/C22H34Br2O3/c1-19-9-5-17-15(16(19)6-10-21(19,27)7-3-11-25)12-18(23)22(24)13-14(26)4-8-20(17,22)2/h11,14-18,26-27H,3-10,12-13H2,1-2H3/t14-,15-,16-,17-,18?,19-,20+,21-,22?/m0/s1. The number of alkyl halides is 2. The molecule has 0 radical (unpaired) electrons. The van der Waals surface area contributed by atoms with Crippen LogP contribution in [0.4, 0.5) is 0 Å². The van der Waals surface area contributed by atoms with Crippen LogP contribution in [0.25, 0.3) is 0 Å². The maximum Gasteiger partial charge on any atom is 0.120 e. The number of hydrogen-bond acceptors (Lipinski definition) is 3. The third kappa shape index (κ3) is 2.73. The number of aliphatic hydroxyl groups is 2. The molecular formula is C22H34Br2O3. The Morgan fingerprint density at radius 3 is 2.41 bits per heavy atom. The lowest BCUT2D eigenvalue weighted by Crippen LogP contribution is -2.65. The van der Waals surface area contributed by atoms with Crippen molar-refractivity contribution in [3.63, 3.8) is 0 Å². The Kier molecular flexibility index (Phi) is 5.23. The first-order valence-corrected chi connectivity index (χ1v) is 12.5. The second-order valence-corrected chi connectivity index (χ2v) is 13.0. The third-order valence-corrected chi connectivity index (χ3v) is 13.3. The maximum absolute atomic E-state index is 11.5. The summed E-state index contributed by atoms with van der Waals surface area (Å²) in [6, 6.07) is 0. The first kappa shape index (κ1) is 20.8. The zero-order valence-corrected chi connectivity index (χ0v) is 19.8. The van der Waals surface area contributed by atoms with Crippen LogP contribution < -0.4 is 0 Å². The monoisotopic (exact) mass is 504 g/mol. The summed E-state index contributed by atoms with van der Waals surface area (Å²) in [4.78, 5) is 11.3. The summed E-state index contributed by atoms with van der Waals surface area (Å²) >= 11 is 8.17. The van der Waals surface area contributed by atoms with E-state index in [9.17, 15) is 15.0 Å². The molecule has 154 valence electrons. The van der Waals surface area contributed by atoms with Crippen molar-refractivity contribution in [2.24, 2.45) is 28.6 Å². The molecule has 4 aliphatic carbocycles. The first-order valence-electron chi connectivity index (χ1n) is 10.8. The molecule has 0 saturated heterocycles. The molecule has 2 N–H and O–H groups in total. The molecule has 0 bridgehead atoms. The van der Waals surface area contributed by atoms with Crippen LogP contribution in [0.15, 0.2) is 0 Å². The SMILES string of the molecule is C[C@]12CC[C@H]3[C@@H](CC(Br)C4(Br)C[C@@H](O)CC[C@]34C)[C@@H]1CC[C@@]2(O)CCC=O. The van der Waals surface area contributed by atoms with Crippen molar-refractivity contribution in [2.75, 3.05) is 0 Å². The lowest BCUT2D eigenvalue weighted by atomic mass is 9.44. The molecule has 0 amide bonds. The van der Waals surface area contributed by atoms with Gasteiger partial charge in [0.05, 0.1) is 11.7 Å². The van der Waals surface area contributed by atoms with Crippen LogP contribution in [0.3, 0.4) is 0 Å². The zero-order valence-electron chi connectivity index (χ0n) is 16.6. The molecule has 5 heteroatoms. The average Bonchev–Trinajstić information content (AvgIpc) is 2.88. The molecule has 3 nitrogen and oxygen atoms in total. The summed E-state index contributed by atoms with van der Waals surface area (Å²) in [6.07, 6.45) is 9.89. The van der Waals surface area contributed by atoms with Gasteiger partial charge in [0.2, 0.25) is 0 Å². The van der Waals surface area contributed by atoms with Gasteiger partial charge in [0.15, 0.2) is 0 Å². The normalized spacial score (nSPS) is 57.5. The molecule has 0 aromatic carbocycles. The molecule has 27 heavy (non-hydrogen) atoms. The van der Waals surface area contributed by atoms with E-state index in [1.807, 2.05) is 0 Å². The third-order valence-electron chi connectivity index (χ3n) is 9.71. The number of rotatable bonds is 3. The van der Waals surface area contributed by atoms with Gasteiger partial charge < -0.3 is 15.0 Å². The summed E-state index contributed by atoms with van der Waals surface area (Å²) in [7, 11) is 0. The summed E-state index contributed by atoms with van der Waals surface area (Å²) in [5.74, 6) is 1.79. The molecule has 9 atom stereocenters. The van der Waals surface area contributed by atoms with Crippen molar-refractivity contribution >= 4 is 38.1 Å². The van der Waals surface area contributed by atoms with Crippen molar-refractivity contribution < 1.29 is 15.0 Å². The maximum atomic E-state index is 11.5. The lowest BCUT2D eigenvalue weighted by Gasteiger charge is -2.66. The van der Waals surface area contributed by atoms with E-state index in [0.29, 0.717) is 35.4 Å². The van der Waals surface area contributed by atoms with E-state index in [4.69, 9.17) is 0 Å². The lowest BCUT2D eigenvalue weighted by molar-refractivity contribution is -0.151. The van der Waals surface area contributed by atoms with Gasteiger partial charge in [-0.25, -0.2) is 0 Å². The Labute approximate surface area is 180 Å². The number of hydrogen-bond donors (Lipinski definition) is 2. The largest absolute Gasteiger partial charge is 0.393 e. The van der Waals surface area contributed by atoms with E-state index in [-0.39, 0.29) is 21.3 Å². The van der Waals surface area contributed by atoms with Crippen LogP contribution in [-0.2, 0) is 4.79 Å². The molecule has 4 rings (SSSR count).